The molecule has 2 heterocycles. The fourth-order valence-corrected chi connectivity index (χ4v) is 3.17. The van der Waals surface area contributed by atoms with Crippen LogP contribution in [0.3, 0.4) is 0 Å². The van der Waals surface area contributed by atoms with Gasteiger partial charge in [0.2, 0.25) is 0 Å². The fourth-order valence-electron chi connectivity index (χ4n) is 2.96. The number of nitrogens with one attached hydrogen (secondary N) is 2. The molecule has 0 aromatic heterocycles. The third-order valence-corrected chi connectivity index (χ3v) is 4.48. The number of aliphatic hydroxyl groups is 1. The zero-order chi connectivity index (χ0) is 17.5. The minimum atomic E-state index is -1.01. The number of carbonyl (C=O) groups excluding carboxylic acids is 2. The Morgan fingerprint density at radius 1 is 1.46 bits per heavy atom. The molecule has 3 rings (SSSR count). The maximum Gasteiger partial charge on any atom is 0.322 e. The third kappa shape index (κ3) is 2.81. The molecular weight excluding hydrogens is 334 g/mol. The third-order valence-electron chi connectivity index (χ3n) is 4.19. The second-order valence-corrected chi connectivity index (χ2v) is 6.46. The number of imide groups is 1. The molecule has 0 spiro atoms. The summed E-state index contributed by atoms with van der Waals surface area (Å²) in [5.41, 5.74) is 1.56. The quantitative estimate of drug-likeness (QED) is 0.691. The second-order valence-electron chi connectivity index (χ2n) is 6.05. The molecule has 7 nitrogen and oxygen atoms in total. The predicted molar refractivity (Wildman–Crippen MR) is 88.6 cm³/mol. The van der Waals surface area contributed by atoms with E-state index in [0.717, 1.165) is 16.8 Å². The van der Waals surface area contributed by atoms with Gasteiger partial charge in [-0.25, -0.2) is 4.79 Å². The number of urea groups is 1. The first-order chi connectivity index (χ1) is 11.3. The summed E-state index contributed by atoms with van der Waals surface area (Å²) in [7, 11) is 0. The summed E-state index contributed by atoms with van der Waals surface area (Å²) in [5.74, 6) is 0.137. The molecule has 0 radical (unpaired) electrons. The van der Waals surface area contributed by atoms with Gasteiger partial charge in [-0.05, 0) is 24.6 Å². The topological polar surface area (TPSA) is 90.9 Å². The van der Waals surface area contributed by atoms with Crippen molar-refractivity contribution in [1.82, 2.24) is 15.5 Å². The van der Waals surface area contributed by atoms with Crippen molar-refractivity contribution in [2.75, 3.05) is 19.8 Å². The lowest BCUT2D eigenvalue weighted by molar-refractivity contribution is -0.123. The molecule has 0 aliphatic carbocycles. The minimum Gasteiger partial charge on any atom is -0.490 e. The van der Waals surface area contributed by atoms with Gasteiger partial charge in [0.25, 0.3) is 5.91 Å². The van der Waals surface area contributed by atoms with Crippen molar-refractivity contribution >= 4 is 29.2 Å². The highest BCUT2D eigenvalue weighted by molar-refractivity contribution is 6.32. The van der Waals surface area contributed by atoms with Crippen LogP contribution in [-0.4, -0.2) is 47.2 Å². The van der Waals surface area contributed by atoms with Crippen LogP contribution in [0.5, 0.6) is 5.75 Å². The normalized spacial score (nSPS) is 22.5. The maximum atomic E-state index is 12.0. The van der Waals surface area contributed by atoms with Gasteiger partial charge in [-0.15, -0.1) is 0 Å². The summed E-state index contributed by atoms with van der Waals surface area (Å²) in [5, 5.41) is 14.2. The number of hydrogen-bond donors (Lipinski definition) is 3. The van der Waals surface area contributed by atoms with Gasteiger partial charge in [0.05, 0.1) is 18.2 Å². The summed E-state index contributed by atoms with van der Waals surface area (Å²) in [4.78, 5) is 25.3. The molecule has 1 fully saturated rings. The average Bonchev–Trinajstić information content (AvgIpc) is 2.94. The molecule has 128 valence electrons. The minimum absolute atomic E-state index is 0.0978. The van der Waals surface area contributed by atoms with Gasteiger partial charge in [0.1, 0.15) is 17.9 Å². The SMILES string of the molecule is C=C1c2cc(Cl)c(OCCO)cc2CN1CC1(C)NC(=O)NC1=O. The standard InChI is InChI=1S/C16H18ClN3O4/c1-9-11-6-12(17)13(24-4-3-21)5-10(11)7-20(9)8-16(2)14(22)18-15(23)19-16/h5-6,21H,1,3-4,7-8H2,2H3,(H2,18,19,22,23). The van der Waals surface area contributed by atoms with E-state index in [1.807, 2.05) is 11.0 Å². The summed E-state index contributed by atoms with van der Waals surface area (Å²) < 4.78 is 5.41. The van der Waals surface area contributed by atoms with Crippen LogP contribution < -0.4 is 15.4 Å². The molecule has 0 bridgehead atoms. The molecule has 1 saturated heterocycles. The Hall–Kier alpha value is -2.25. The van der Waals surface area contributed by atoms with Crippen LogP contribution in [0.1, 0.15) is 18.1 Å². The zero-order valence-corrected chi connectivity index (χ0v) is 13.9. The molecule has 1 aromatic carbocycles. The average molecular weight is 352 g/mol. The van der Waals surface area contributed by atoms with Crippen LogP contribution in [0.25, 0.3) is 5.70 Å². The van der Waals surface area contributed by atoms with E-state index < -0.39 is 11.6 Å². The molecule has 1 atom stereocenters. The van der Waals surface area contributed by atoms with Crippen LogP contribution in [-0.2, 0) is 11.3 Å². The number of ether oxygens (including phenoxy) is 1. The zero-order valence-electron chi connectivity index (χ0n) is 13.2. The van der Waals surface area contributed by atoms with Crippen LogP contribution >= 0.6 is 11.6 Å². The first-order valence-electron chi connectivity index (χ1n) is 7.48. The number of benzene rings is 1. The highest BCUT2D eigenvalue weighted by Crippen LogP contribution is 2.38. The van der Waals surface area contributed by atoms with Gasteiger partial charge < -0.3 is 20.1 Å². The van der Waals surface area contributed by atoms with Crippen LogP contribution in [0.15, 0.2) is 18.7 Å². The smallest absolute Gasteiger partial charge is 0.322 e. The highest BCUT2D eigenvalue weighted by atomic mass is 35.5. The van der Waals surface area contributed by atoms with Crippen LogP contribution in [0.2, 0.25) is 5.02 Å². The number of fused-ring (bicyclic) bond motifs is 1. The summed E-state index contributed by atoms with van der Waals surface area (Å²) in [6, 6.07) is 3.09. The lowest BCUT2D eigenvalue weighted by Crippen LogP contribution is -2.51. The molecule has 24 heavy (non-hydrogen) atoms. The van der Waals surface area contributed by atoms with Crippen molar-refractivity contribution in [2.24, 2.45) is 0 Å². The van der Waals surface area contributed by atoms with E-state index in [1.165, 1.54) is 0 Å². The Balaban J connectivity index is 1.80. The Kier molecular flexibility index (Phi) is 4.15. The highest BCUT2D eigenvalue weighted by Gasteiger charge is 2.44. The molecule has 0 saturated carbocycles. The number of rotatable bonds is 5. The van der Waals surface area contributed by atoms with Crippen LogP contribution in [0.4, 0.5) is 4.79 Å². The fraction of sp³-hybridized carbons (Fsp3) is 0.375. The molecule has 3 amide bonds. The first kappa shape index (κ1) is 16.6. The Bertz CT molecular complexity index is 736. The van der Waals surface area contributed by atoms with Crippen molar-refractivity contribution in [3.05, 3.63) is 34.9 Å². The summed E-state index contributed by atoms with van der Waals surface area (Å²) in [6.45, 7) is 6.63. The van der Waals surface area contributed by atoms with E-state index in [2.05, 4.69) is 17.2 Å². The van der Waals surface area contributed by atoms with Crippen molar-refractivity contribution < 1.29 is 19.4 Å². The summed E-state index contributed by atoms with van der Waals surface area (Å²) >= 11 is 6.21. The van der Waals surface area contributed by atoms with Gasteiger partial charge in [0, 0.05) is 17.8 Å². The number of aliphatic hydroxyl groups excluding tert-OH is 1. The lowest BCUT2D eigenvalue weighted by Gasteiger charge is -2.29. The molecular formula is C16H18ClN3O4. The molecule has 2 aliphatic heterocycles. The molecule has 1 aromatic rings. The van der Waals surface area contributed by atoms with Crippen LogP contribution in [0, 0.1) is 0 Å². The van der Waals surface area contributed by atoms with Crippen molar-refractivity contribution in [1.29, 1.82) is 0 Å². The van der Waals surface area contributed by atoms with E-state index in [9.17, 15) is 9.59 Å². The van der Waals surface area contributed by atoms with Gasteiger partial charge >= 0.3 is 6.03 Å². The Morgan fingerprint density at radius 3 is 2.83 bits per heavy atom. The van der Waals surface area contributed by atoms with Crippen molar-refractivity contribution in [2.45, 2.75) is 19.0 Å². The molecule has 8 heteroatoms. The van der Waals surface area contributed by atoms with E-state index in [4.69, 9.17) is 21.4 Å². The van der Waals surface area contributed by atoms with Crippen molar-refractivity contribution in [3.63, 3.8) is 0 Å². The predicted octanol–water partition coefficient (Wildman–Crippen LogP) is 1.10. The number of carbonyl (C=O) groups is 2. The maximum absolute atomic E-state index is 12.0. The van der Waals surface area contributed by atoms with E-state index in [1.54, 1.807) is 13.0 Å². The number of halogens is 1. The Labute approximate surface area is 144 Å². The van der Waals surface area contributed by atoms with Gasteiger partial charge in [-0.1, -0.05) is 18.2 Å². The van der Waals surface area contributed by atoms with Gasteiger partial charge in [-0.2, -0.15) is 0 Å². The number of hydrogen-bond acceptors (Lipinski definition) is 5. The number of nitrogens with zero attached hydrogens (tertiary/aromatic N) is 1. The largest absolute Gasteiger partial charge is 0.490 e. The monoisotopic (exact) mass is 351 g/mol. The molecule has 2 aliphatic rings. The van der Waals surface area contributed by atoms with E-state index in [0.29, 0.717) is 23.9 Å². The van der Waals surface area contributed by atoms with Gasteiger partial charge in [0.15, 0.2) is 0 Å². The first-order valence-corrected chi connectivity index (χ1v) is 7.86. The van der Waals surface area contributed by atoms with E-state index in [-0.39, 0.29) is 19.1 Å². The molecule has 1 unspecified atom stereocenters. The van der Waals surface area contributed by atoms with E-state index >= 15 is 0 Å². The number of amides is 3. The van der Waals surface area contributed by atoms with Gasteiger partial charge in [-0.3, -0.25) is 10.1 Å². The molecule has 3 N–H and O–H groups in total. The Morgan fingerprint density at radius 2 is 2.21 bits per heavy atom. The second kappa shape index (κ2) is 5.99. The lowest BCUT2D eigenvalue weighted by atomic mass is 10.0. The summed E-state index contributed by atoms with van der Waals surface area (Å²) in [6.07, 6.45) is 0. The van der Waals surface area contributed by atoms with Crippen molar-refractivity contribution in [3.8, 4) is 5.75 Å².